The zero-order valence-corrected chi connectivity index (χ0v) is 22.1. The van der Waals surface area contributed by atoms with Crippen LogP contribution in [-0.4, -0.2) is 46.3 Å². The van der Waals surface area contributed by atoms with Gasteiger partial charge in [-0.25, -0.2) is 8.78 Å². The van der Waals surface area contributed by atoms with E-state index >= 15 is 0 Å². The summed E-state index contributed by atoms with van der Waals surface area (Å²) in [7, 11) is 0. The van der Waals surface area contributed by atoms with Gasteiger partial charge in [0, 0.05) is 41.8 Å². The third-order valence-electron chi connectivity index (χ3n) is 7.81. The molecule has 2 heterocycles. The molecule has 1 fully saturated rings. The molecule has 2 amide bonds. The molecule has 12 heteroatoms. The number of para-hydroxylation sites is 1. The normalized spacial score (nSPS) is 26.2. The van der Waals surface area contributed by atoms with Crippen molar-refractivity contribution in [3.8, 4) is 0 Å². The number of hydrogen-bond acceptors (Lipinski definition) is 4. The highest BCUT2D eigenvalue weighted by Gasteiger charge is 2.53. The highest BCUT2D eigenvalue weighted by Crippen LogP contribution is 2.47. The number of halogens is 6. The third-order valence-corrected chi connectivity index (χ3v) is 8.34. The molecule has 0 spiro atoms. The first-order valence-electron chi connectivity index (χ1n) is 12.9. The predicted octanol–water partition coefficient (Wildman–Crippen LogP) is 5.38. The van der Waals surface area contributed by atoms with E-state index in [0.717, 1.165) is 18.2 Å². The molecule has 1 aromatic heterocycles. The van der Waals surface area contributed by atoms with E-state index in [4.69, 9.17) is 11.6 Å². The lowest BCUT2D eigenvalue weighted by Crippen LogP contribution is -2.52. The fourth-order valence-electron chi connectivity index (χ4n) is 5.70. The first-order valence-corrected chi connectivity index (χ1v) is 13.3. The van der Waals surface area contributed by atoms with Crippen molar-refractivity contribution in [2.75, 3.05) is 11.4 Å². The Balaban J connectivity index is 1.40. The van der Waals surface area contributed by atoms with E-state index in [1.807, 2.05) is 0 Å². The largest absolute Gasteiger partial charge is 0.416 e. The minimum Gasteiger partial charge on any atom is -0.372 e. The number of alkyl halides is 6. The number of carbonyl (C=O) groups is 2. The van der Waals surface area contributed by atoms with Gasteiger partial charge in [0.05, 0.1) is 16.8 Å². The van der Waals surface area contributed by atoms with E-state index in [1.165, 1.54) is 41.6 Å². The molecule has 2 aliphatic rings. The molecular weight excluding hydrogens is 569 g/mol. The van der Waals surface area contributed by atoms with Crippen LogP contribution in [0.3, 0.4) is 0 Å². The molecule has 2 aromatic carbocycles. The van der Waals surface area contributed by atoms with Crippen LogP contribution in [0.4, 0.5) is 27.6 Å². The van der Waals surface area contributed by atoms with Crippen molar-refractivity contribution in [1.29, 1.82) is 0 Å². The summed E-state index contributed by atoms with van der Waals surface area (Å²) in [6.45, 7) is -0.155. The van der Waals surface area contributed by atoms with Gasteiger partial charge in [-0.1, -0.05) is 30.3 Å². The van der Waals surface area contributed by atoms with Gasteiger partial charge in [-0.15, -0.1) is 11.6 Å². The summed E-state index contributed by atoms with van der Waals surface area (Å²) in [5, 5.41) is 13.6. The minimum atomic E-state index is -4.70. The van der Waals surface area contributed by atoms with Gasteiger partial charge in [0.25, 0.3) is 11.8 Å². The van der Waals surface area contributed by atoms with Crippen molar-refractivity contribution in [1.82, 2.24) is 10.3 Å². The number of aromatic nitrogens is 1. The number of benzene rings is 2. The van der Waals surface area contributed by atoms with Crippen LogP contribution in [0.15, 0.2) is 73.1 Å². The van der Waals surface area contributed by atoms with Gasteiger partial charge >= 0.3 is 6.18 Å². The van der Waals surface area contributed by atoms with Crippen molar-refractivity contribution >= 4 is 29.1 Å². The second kappa shape index (κ2) is 11.0. The number of anilines is 1. The fraction of sp³-hybridized carbons (Fsp3) is 0.345. The molecular formula is C29H25ClF5N3O3. The number of amides is 2. The zero-order valence-electron chi connectivity index (χ0n) is 21.4. The molecule has 41 heavy (non-hydrogen) atoms. The summed E-state index contributed by atoms with van der Waals surface area (Å²) in [5.41, 5.74) is -3.17. The molecule has 0 radical (unpaired) electrons. The number of aliphatic hydroxyl groups is 1. The van der Waals surface area contributed by atoms with Crippen LogP contribution < -0.4 is 10.2 Å². The molecule has 0 saturated heterocycles. The molecule has 1 aliphatic heterocycles. The number of fused-ring (bicyclic) bond motifs is 1. The Morgan fingerprint density at radius 2 is 1.88 bits per heavy atom. The maximum atomic E-state index is 14.2. The molecule has 5 atom stereocenters. The molecule has 1 saturated carbocycles. The zero-order chi connectivity index (χ0) is 29.5. The second-order valence-electron chi connectivity index (χ2n) is 10.3. The number of hydrogen-bond donors (Lipinski definition) is 2. The van der Waals surface area contributed by atoms with Crippen LogP contribution in [0.5, 0.6) is 0 Å². The average molecular weight is 594 g/mol. The Bertz CT molecular complexity index is 1440. The maximum Gasteiger partial charge on any atom is 0.416 e. The highest BCUT2D eigenvalue weighted by molar-refractivity contribution is 6.21. The number of pyridine rings is 1. The highest BCUT2D eigenvalue weighted by atomic mass is 35.5. The molecule has 0 bridgehead atoms. The summed E-state index contributed by atoms with van der Waals surface area (Å²) in [6, 6.07) is 12.1. The number of nitrogens with one attached hydrogen (secondary N) is 1. The van der Waals surface area contributed by atoms with E-state index in [-0.39, 0.29) is 41.8 Å². The number of carbonyl (C=O) groups excluding carboxylic acids is 2. The maximum absolute atomic E-state index is 14.2. The third kappa shape index (κ3) is 5.40. The molecule has 0 unspecified atom stereocenters. The number of nitrogens with zero attached hydrogens (tertiary/aromatic N) is 2. The van der Waals surface area contributed by atoms with Crippen LogP contribution in [0.1, 0.15) is 39.9 Å². The van der Waals surface area contributed by atoms with Crippen LogP contribution in [0.2, 0.25) is 0 Å². The summed E-state index contributed by atoms with van der Waals surface area (Å²) in [6.07, 6.45) is -4.85. The molecule has 6 nitrogen and oxygen atoms in total. The Hall–Kier alpha value is -3.57. The quantitative estimate of drug-likeness (QED) is 0.297. The van der Waals surface area contributed by atoms with Gasteiger partial charge in [0.15, 0.2) is 5.60 Å². The lowest BCUT2D eigenvalue weighted by Gasteiger charge is -2.40. The molecule has 216 valence electrons. The lowest BCUT2D eigenvalue weighted by molar-refractivity contribution is -0.138. The first kappa shape index (κ1) is 28.9. The van der Waals surface area contributed by atoms with Crippen LogP contribution >= 0.6 is 11.6 Å². The van der Waals surface area contributed by atoms with Gasteiger partial charge < -0.3 is 15.3 Å². The monoisotopic (exact) mass is 593 g/mol. The molecule has 2 N–H and O–H groups in total. The molecule has 1 aliphatic carbocycles. The Morgan fingerprint density at radius 1 is 1.12 bits per heavy atom. The van der Waals surface area contributed by atoms with Crippen molar-refractivity contribution < 1.29 is 36.6 Å². The lowest BCUT2D eigenvalue weighted by atomic mass is 9.77. The Labute approximate surface area is 237 Å². The fourth-order valence-corrected chi connectivity index (χ4v) is 6.08. The standard InChI is InChI=1S/C29H25ClF5N3O3/c30-22-13-23(37-26(39)16-5-4-10-36-14-16)20(25(31)32)11-17(22)15-38-24-9-2-1-8-21(24)28(41,27(38)40)18-6-3-7-19(12-18)29(33,34)35/h1-10,12,14,17,20,22-23,25,41H,11,13,15H2,(H,37,39)/t17-,20-,22-,23-,28-/m1/s1. The number of rotatable bonds is 6. The van der Waals surface area contributed by atoms with Crippen LogP contribution in [0, 0.1) is 11.8 Å². The topological polar surface area (TPSA) is 82.5 Å². The summed E-state index contributed by atoms with van der Waals surface area (Å²) in [4.78, 5) is 31.4. The second-order valence-corrected chi connectivity index (χ2v) is 10.8. The van der Waals surface area contributed by atoms with Gasteiger partial charge in [-0.3, -0.25) is 14.6 Å². The molecule has 5 rings (SSSR count). The van der Waals surface area contributed by atoms with Crippen LogP contribution in [0.25, 0.3) is 0 Å². The van der Waals surface area contributed by atoms with Crippen molar-refractivity contribution in [2.24, 2.45) is 11.8 Å². The van der Waals surface area contributed by atoms with Crippen LogP contribution in [-0.2, 0) is 16.6 Å². The first-order chi connectivity index (χ1) is 19.4. The van der Waals surface area contributed by atoms with Crippen molar-refractivity contribution in [2.45, 2.75) is 42.5 Å². The Morgan fingerprint density at radius 3 is 2.56 bits per heavy atom. The van der Waals surface area contributed by atoms with Gasteiger partial charge in [-0.05, 0) is 54.7 Å². The van der Waals surface area contributed by atoms with Gasteiger partial charge in [-0.2, -0.15) is 13.2 Å². The minimum absolute atomic E-state index is 0.00515. The average Bonchev–Trinajstić information content (AvgIpc) is 3.17. The summed E-state index contributed by atoms with van der Waals surface area (Å²) >= 11 is 6.66. The van der Waals surface area contributed by atoms with Crippen molar-refractivity contribution in [3.05, 3.63) is 95.3 Å². The predicted molar refractivity (Wildman–Crippen MR) is 141 cm³/mol. The summed E-state index contributed by atoms with van der Waals surface area (Å²) in [5.74, 6) is -3.40. The molecule has 3 aromatic rings. The van der Waals surface area contributed by atoms with E-state index in [9.17, 15) is 36.6 Å². The SMILES string of the molecule is O=C(N[C@@H]1C[C@@H](Cl)[C@@H](CN2C(=O)[C@@](O)(c3cccc(C(F)(F)F)c3)c3ccccc32)C[C@H]1C(F)F)c1cccnc1. The van der Waals surface area contributed by atoms with Gasteiger partial charge in [0.1, 0.15) is 0 Å². The van der Waals surface area contributed by atoms with E-state index in [2.05, 4.69) is 10.3 Å². The van der Waals surface area contributed by atoms with Crippen molar-refractivity contribution in [3.63, 3.8) is 0 Å². The van der Waals surface area contributed by atoms with E-state index < -0.39 is 58.8 Å². The van der Waals surface area contributed by atoms with E-state index in [1.54, 1.807) is 18.2 Å². The Kier molecular flexibility index (Phi) is 7.78. The van der Waals surface area contributed by atoms with E-state index in [0.29, 0.717) is 0 Å². The summed E-state index contributed by atoms with van der Waals surface area (Å²) < 4.78 is 68.7. The smallest absolute Gasteiger partial charge is 0.372 e. The van der Waals surface area contributed by atoms with Gasteiger partial charge in [0.2, 0.25) is 6.43 Å².